The first kappa shape index (κ1) is 27.2. The first-order chi connectivity index (χ1) is 19.6. The molecule has 5 nitrogen and oxygen atoms in total. The maximum absolute atomic E-state index is 12.7. The Morgan fingerprint density at radius 2 is 1.60 bits per heavy atom. The monoisotopic (exact) mass is 531 g/mol. The van der Waals surface area contributed by atoms with Crippen molar-refractivity contribution in [2.24, 2.45) is 0 Å². The van der Waals surface area contributed by atoms with E-state index in [1.165, 1.54) is 16.7 Å². The van der Waals surface area contributed by atoms with E-state index >= 15 is 0 Å². The van der Waals surface area contributed by atoms with Crippen LogP contribution in [0.2, 0.25) is 0 Å². The number of carbonyl (C=O) groups excluding carboxylic acids is 1. The Morgan fingerprint density at radius 3 is 2.42 bits per heavy atom. The molecule has 5 heteroatoms. The van der Waals surface area contributed by atoms with E-state index in [0.29, 0.717) is 26.0 Å². The van der Waals surface area contributed by atoms with Crippen LogP contribution in [0.4, 0.5) is 0 Å². The number of hydrogen-bond acceptors (Lipinski definition) is 3. The van der Waals surface area contributed by atoms with Gasteiger partial charge in [0, 0.05) is 19.5 Å². The van der Waals surface area contributed by atoms with Crippen LogP contribution < -0.4 is 10.1 Å². The van der Waals surface area contributed by atoms with Gasteiger partial charge in [-0.1, -0.05) is 78.9 Å². The molecule has 0 spiro atoms. The number of fused-ring (bicyclic) bond motifs is 1. The van der Waals surface area contributed by atoms with Crippen molar-refractivity contribution in [2.75, 3.05) is 13.2 Å². The van der Waals surface area contributed by atoms with Crippen LogP contribution in [0.5, 0.6) is 5.75 Å². The van der Waals surface area contributed by atoms with Gasteiger partial charge in [0.2, 0.25) is 5.91 Å². The molecule has 0 saturated carbocycles. The Morgan fingerprint density at radius 1 is 0.850 bits per heavy atom. The van der Waals surface area contributed by atoms with Crippen LogP contribution in [0.25, 0.3) is 22.2 Å². The molecular formula is C35H37N3O2. The maximum atomic E-state index is 12.7. The minimum atomic E-state index is 0.0266. The van der Waals surface area contributed by atoms with E-state index in [1.807, 2.05) is 36.4 Å². The number of hydrogen-bond donors (Lipinski definition) is 1. The zero-order chi connectivity index (χ0) is 27.7. The van der Waals surface area contributed by atoms with Crippen LogP contribution in [0.15, 0.2) is 97.1 Å². The Kier molecular flexibility index (Phi) is 8.92. The standard InChI is InChI=1S/C35H37N3O2/c1-26-14-15-27(2)33(24-26)40-23-9-8-22-38-32-13-7-6-12-31(32)37-34(38)20-21-36-35(39)25-28-16-18-30(19-17-28)29-10-4-3-5-11-29/h3-7,10-19,24H,8-9,20-23,25H2,1-2H3,(H,36,39). The summed E-state index contributed by atoms with van der Waals surface area (Å²) >= 11 is 0. The summed E-state index contributed by atoms with van der Waals surface area (Å²) in [4.78, 5) is 17.5. The molecule has 1 amide bonds. The van der Waals surface area contributed by atoms with Gasteiger partial charge >= 0.3 is 0 Å². The van der Waals surface area contributed by atoms with Crippen molar-refractivity contribution in [1.82, 2.24) is 14.9 Å². The molecule has 0 atom stereocenters. The second-order valence-corrected chi connectivity index (χ2v) is 10.3. The lowest BCUT2D eigenvalue weighted by Crippen LogP contribution is -2.28. The molecule has 40 heavy (non-hydrogen) atoms. The Hall–Kier alpha value is -4.38. The average molecular weight is 532 g/mol. The lowest BCUT2D eigenvalue weighted by molar-refractivity contribution is -0.120. The normalized spacial score (nSPS) is 11.1. The number of nitrogens with zero attached hydrogens (tertiary/aromatic N) is 2. The molecule has 4 aromatic carbocycles. The van der Waals surface area contributed by atoms with E-state index in [2.05, 4.69) is 84.4 Å². The molecule has 0 unspecified atom stereocenters. The third-order valence-electron chi connectivity index (χ3n) is 7.21. The van der Waals surface area contributed by atoms with Crippen molar-refractivity contribution in [3.63, 3.8) is 0 Å². The Balaban J connectivity index is 1.12. The van der Waals surface area contributed by atoms with Crippen LogP contribution in [-0.2, 0) is 24.2 Å². The lowest BCUT2D eigenvalue weighted by Gasteiger charge is -2.12. The molecule has 0 fully saturated rings. The SMILES string of the molecule is Cc1ccc(C)c(OCCCCn2c(CCNC(=O)Cc3ccc(-c4ccccc4)cc3)nc3ccccc32)c1. The molecular weight excluding hydrogens is 494 g/mol. The van der Waals surface area contributed by atoms with Gasteiger partial charge in [0.1, 0.15) is 11.6 Å². The molecule has 0 aliphatic heterocycles. The fraction of sp³-hybridized carbons (Fsp3) is 0.257. The number of amides is 1. The van der Waals surface area contributed by atoms with Crippen molar-refractivity contribution < 1.29 is 9.53 Å². The fourth-order valence-corrected chi connectivity index (χ4v) is 4.99. The number of benzene rings is 4. The van der Waals surface area contributed by atoms with Gasteiger partial charge in [-0.15, -0.1) is 0 Å². The molecule has 204 valence electrons. The van der Waals surface area contributed by atoms with E-state index in [-0.39, 0.29) is 5.91 Å². The van der Waals surface area contributed by atoms with Crippen molar-refractivity contribution in [3.8, 4) is 16.9 Å². The zero-order valence-corrected chi connectivity index (χ0v) is 23.4. The van der Waals surface area contributed by atoms with E-state index in [1.54, 1.807) is 0 Å². The number of aromatic nitrogens is 2. The molecule has 0 radical (unpaired) electrons. The summed E-state index contributed by atoms with van der Waals surface area (Å²) in [5.41, 5.74) is 7.85. The minimum absolute atomic E-state index is 0.0266. The summed E-state index contributed by atoms with van der Waals surface area (Å²) in [6.45, 7) is 6.28. The quantitative estimate of drug-likeness (QED) is 0.175. The summed E-state index contributed by atoms with van der Waals surface area (Å²) in [7, 11) is 0. The highest BCUT2D eigenvalue weighted by atomic mass is 16.5. The van der Waals surface area contributed by atoms with Crippen molar-refractivity contribution in [1.29, 1.82) is 0 Å². The Bertz CT molecular complexity index is 1560. The van der Waals surface area contributed by atoms with Gasteiger partial charge < -0.3 is 14.6 Å². The van der Waals surface area contributed by atoms with E-state index in [9.17, 15) is 4.79 Å². The first-order valence-corrected chi connectivity index (χ1v) is 14.1. The zero-order valence-electron chi connectivity index (χ0n) is 23.4. The first-order valence-electron chi connectivity index (χ1n) is 14.1. The number of aryl methyl sites for hydroxylation is 3. The second kappa shape index (κ2) is 13.1. The van der Waals surface area contributed by atoms with Crippen LogP contribution in [0, 0.1) is 13.8 Å². The predicted octanol–water partition coefficient (Wildman–Crippen LogP) is 7.08. The molecule has 0 aliphatic rings. The van der Waals surface area contributed by atoms with Gasteiger partial charge in [0.15, 0.2) is 0 Å². The molecule has 5 aromatic rings. The molecule has 1 aromatic heterocycles. The number of imidazole rings is 1. The van der Waals surface area contributed by atoms with Crippen LogP contribution in [0.1, 0.15) is 35.4 Å². The van der Waals surface area contributed by atoms with Gasteiger partial charge in [-0.3, -0.25) is 4.79 Å². The molecule has 1 N–H and O–H groups in total. The van der Waals surface area contributed by atoms with Crippen LogP contribution >= 0.6 is 0 Å². The molecule has 0 aliphatic carbocycles. The average Bonchev–Trinajstić information content (AvgIpc) is 3.32. The topological polar surface area (TPSA) is 56.1 Å². The van der Waals surface area contributed by atoms with Gasteiger partial charge in [0.05, 0.1) is 24.1 Å². The van der Waals surface area contributed by atoms with Crippen molar-refractivity contribution in [2.45, 2.75) is 46.1 Å². The van der Waals surface area contributed by atoms with Crippen LogP contribution in [0.3, 0.4) is 0 Å². The molecule has 0 bridgehead atoms. The lowest BCUT2D eigenvalue weighted by atomic mass is 10.0. The van der Waals surface area contributed by atoms with Gasteiger partial charge in [-0.25, -0.2) is 4.98 Å². The number of rotatable bonds is 12. The minimum Gasteiger partial charge on any atom is -0.493 e. The van der Waals surface area contributed by atoms with Gasteiger partial charge in [0.25, 0.3) is 0 Å². The van der Waals surface area contributed by atoms with Crippen molar-refractivity contribution >= 4 is 16.9 Å². The Labute approximate surface area is 236 Å². The van der Waals surface area contributed by atoms with Gasteiger partial charge in [-0.2, -0.15) is 0 Å². The largest absolute Gasteiger partial charge is 0.493 e. The summed E-state index contributed by atoms with van der Waals surface area (Å²) in [6.07, 6.45) is 3.00. The summed E-state index contributed by atoms with van der Waals surface area (Å²) in [5.74, 6) is 2.00. The number of unbranched alkanes of at least 4 members (excludes halogenated alkanes) is 1. The molecule has 0 saturated heterocycles. The second-order valence-electron chi connectivity index (χ2n) is 10.3. The third-order valence-corrected chi connectivity index (χ3v) is 7.21. The predicted molar refractivity (Wildman–Crippen MR) is 163 cm³/mol. The smallest absolute Gasteiger partial charge is 0.224 e. The van der Waals surface area contributed by atoms with Gasteiger partial charge in [-0.05, 0) is 72.7 Å². The fourth-order valence-electron chi connectivity index (χ4n) is 4.99. The number of para-hydroxylation sites is 2. The molecule has 1 heterocycles. The van der Waals surface area contributed by atoms with E-state index in [4.69, 9.17) is 9.72 Å². The third kappa shape index (κ3) is 6.97. The summed E-state index contributed by atoms with van der Waals surface area (Å²) in [5, 5.41) is 3.09. The summed E-state index contributed by atoms with van der Waals surface area (Å²) < 4.78 is 8.34. The van der Waals surface area contributed by atoms with E-state index in [0.717, 1.165) is 53.1 Å². The number of nitrogens with one attached hydrogen (secondary N) is 1. The van der Waals surface area contributed by atoms with Crippen LogP contribution in [-0.4, -0.2) is 28.6 Å². The number of ether oxygens (including phenoxy) is 1. The molecule has 5 rings (SSSR count). The highest BCUT2D eigenvalue weighted by Crippen LogP contribution is 2.21. The highest BCUT2D eigenvalue weighted by molar-refractivity contribution is 5.79. The highest BCUT2D eigenvalue weighted by Gasteiger charge is 2.11. The summed E-state index contributed by atoms with van der Waals surface area (Å²) in [6, 6.07) is 33.1. The van der Waals surface area contributed by atoms with E-state index < -0.39 is 0 Å². The maximum Gasteiger partial charge on any atom is 0.224 e. The number of carbonyl (C=O) groups is 1. The van der Waals surface area contributed by atoms with Crippen molar-refractivity contribution in [3.05, 3.63) is 120 Å².